The minimum absolute atomic E-state index is 0.0584. The van der Waals surface area contributed by atoms with E-state index in [2.05, 4.69) is 33.7 Å². The lowest BCUT2D eigenvalue weighted by molar-refractivity contribution is -0.116. The van der Waals surface area contributed by atoms with E-state index < -0.39 is 10.0 Å². The third-order valence-corrected chi connectivity index (χ3v) is 6.31. The number of nitrogens with one attached hydrogen (secondary N) is 2. The molecule has 3 rings (SSSR count). The fourth-order valence-corrected chi connectivity index (χ4v) is 4.10. The Morgan fingerprint density at radius 3 is 2.50 bits per heavy atom. The second kappa shape index (κ2) is 8.75. The normalized spacial score (nSPS) is 11.9. The highest BCUT2D eigenvalue weighted by atomic mass is 32.2. The topological polar surface area (TPSA) is 80.2 Å². The van der Waals surface area contributed by atoms with E-state index >= 15 is 0 Å². The SMILES string of the molecule is CCn1c2ccccc2c2cc(NC(=O)CCCCNS(=O)(=O)CC)ccc21. The fraction of sp³-hybridized carbons (Fsp3) is 0.381. The predicted molar refractivity (Wildman–Crippen MR) is 115 cm³/mol. The number of fused-ring (bicyclic) bond motifs is 3. The maximum absolute atomic E-state index is 12.2. The molecule has 150 valence electrons. The van der Waals surface area contributed by atoms with Crippen molar-refractivity contribution in [2.24, 2.45) is 0 Å². The summed E-state index contributed by atoms with van der Waals surface area (Å²) in [6.07, 6.45) is 1.63. The van der Waals surface area contributed by atoms with Crippen LogP contribution in [0.1, 0.15) is 33.1 Å². The van der Waals surface area contributed by atoms with Crippen molar-refractivity contribution in [2.75, 3.05) is 17.6 Å². The third-order valence-electron chi connectivity index (χ3n) is 4.90. The Morgan fingerprint density at radius 2 is 1.75 bits per heavy atom. The number of benzene rings is 2. The Labute approximate surface area is 166 Å². The van der Waals surface area contributed by atoms with Crippen LogP contribution in [0, 0.1) is 0 Å². The Balaban J connectivity index is 1.63. The summed E-state index contributed by atoms with van der Waals surface area (Å²) in [6, 6.07) is 14.3. The molecule has 0 saturated heterocycles. The van der Waals surface area contributed by atoms with Gasteiger partial charge in [-0.2, -0.15) is 0 Å². The second-order valence-electron chi connectivity index (χ2n) is 6.80. The summed E-state index contributed by atoms with van der Waals surface area (Å²) in [4.78, 5) is 12.2. The number of nitrogens with zero attached hydrogens (tertiary/aromatic N) is 1. The molecule has 6 nitrogen and oxygen atoms in total. The van der Waals surface area contributed by atoms with Gasteiger partial charge in [0.25, 0.3) is 0 Å². The molecule has 2 aromatic carbocycles. The first-order valence-electron chi connectivity index (χ1n) is 9.73. The molecular weight excluding hydrogens is 374 g/mol. The molecule has 0 atom stereocenters. The maximum atomic E-state index is 12.2. The fourth-order valence-electron chi connectivity index (χ4n) is 3.44. The van der Waals surface area contributed by atoms with E-state index in [0.717, 1.165) is 23.1 Å². The van der Waals surface area contributed by atoms with E-state index in [4.69, 9.17) is 0 Å². The number of sulfonamides is 1. The van der Waals surface area contributed by atoms with Gasteiger partial charge >= 0.3 is 0 Å². The average Bonchev–Trinajstić information content (AvgIpc) is 3.00. The highest BCUT2D eigenvalue weighted by molar-refractivity contribution is 7.89. The molecule has 0 aliphatic heterocycles. The number of carbonyl (C=O) groups excluding carboxylic acids is 1. The largest absolute Gasteiger partial charge is 0.341 e. The van der Waals surface area contributed by atoms with Crippen LogP contribution in [-0.4, -0.2) is 31.2 Å². The Kier molecular flexibility index (Phi) is 6.36. The van der Waals surface area contributed by atoms with E-state index in [1.165, 1.54) is 10.9 Å². The molecule has 0 fully saturated rings. The molecule has 0 saturated carbocycles. The number of para-hydroxylation sites is 1. The summed E-state index contributed by atoms with van der Waals surface area (Å²) in [7, 11) is -3.16. The van der Waals surface area contributed by atoms with Crippen LogP contribution < -0.4 is 10.0 Å². The van der Waals surface area contributed by atoms with Crippen molar-refractivity contribution < 1.29 is 13.2 Å². The number of aromatic nitrogens is 1. The molecule has 0 aliphatic rings. The van der Waals surface area contributed by atoms with Crippen molar-refractivity contribution in [1.82, 2.24) is 9.29 Å². The zero-order chi connectivity index (χ0) is 20.1. The molecule has 7 heteroatoms. The molecule has 0 aliphatic carbocycles. The molecule has 1 amide bonds. The summed E-state index contributed by atoms with van der Waals surface area (Å²) in [5.74, 6) is 0.0154. The molecule has 0 unspecified atom stereocenters. The van der Waals surface area contributed by atoms with Crippen molar-refractivity contribution in [3.63, 3.8) is 0 Å². The number of hydrogen-bond donors (Lipinski definition) is 2. The van der Waals surface area contributed by atoms with Gasteiger partial charge in [0.2, 0.25) is 15.9 Å². The summed E-state index contributed by atoms with van der Waals surface area (Å²) >= 11 is 0. The number of aryl methyl sites for hydroxylation is 1. The van der Waals surface area contributed by atoms with Gasteiger partial charge in [0.05, 0.1) is 5.75 Å². The molecule has 28 heavy (non-hydrogen) atoms. The van der Waals surface area contributed by atoms with Gasteiger partial charge in [0.1, 0.15) is 0 Å². The zero-order valence-corrected chi connectivity index (χ0v) is 17.2. The number of carbonyl (C=O) groups is 1. The molecule has 0 radical (unpaired) electrons. The lowest BCUT2D eigenvalue weighted by atomic mass is 10.1. The summed E-state index contributed by atoms with van der Waals surface area (Å²) in [6.45, 7) is 4.98. The van der Waals surface area contributed by atoms with Crippen molar-refractivity contribution in [3.8, 4) is 0 Å². The van der Waals surface area contributed by atoms with Crippen LogP contribution in [0.15, 0.2) is 42.5 Å². The highest BCUT2D eigenvalue weighted by Crippen LogP contribution is 2.31. The molecule has 1 aromatic heterocycles. The molecule has 1 heterocycles. The van der Waals surface area contributed by atoms with Crippen molar-refractivity contribution >= 4 is 43.4 Å². The van der Waals surface area contributed by atoms with Gasteiger partial charge in [-0.3, -0.25) is 4.79 Å². The minimum atomic E-state index is -3.16. The van der Waals surface area contributed by atoms with E-state index in [1.807, 2.05) is 30.3 Å². The highest BCUT2D eigenvalue weighted by Gasteiger charge is 2.11. The van der Waals surface area contributed by atoms with Crippen LogP contribution >= 0.6 is 0 Å². The number of hydrogen-bond acceptors (Lipinski definition) is 3. The Hall–Kier alpha value is -2.38. The van der Waals surface area contributed by atoms with Crippen LogP contribution in [0.4, 0.5) is 5.69 Å². The van der Waals surface area contributed by atoms with Crippen LogP contribution in [0.2, 0.25) is 0 Å². The molecule has 0 bridgehead atoms. The first-order chi connectivity index (χ1) is 13.4. The average molecular weight is 402 g/mol. The van der Waals surface area contributed by atoms with Crippen molar-refractivity contribution in [1.29, 1.82) is 0 Å². The molecular formula is C21H27N3O3S. The van der Waals surface area contributed by atoms with Crippen LogP contribution in [0.3, 0.4) is 0 Å². The van der Waals surface area contributed by atoms with E-state index in [-0.39, 0.29) is 11.7 Å². The van der Waals surface area contributed by atoms with E-state index in [1.54, 1.807) is 6.92 Å². The minimum Gasteiger partial charge on any atom is -0.341 e. The monoisotopic (exact) mass is 401 g/mol. The third kappa shape index (κ3) is 4.54. The number of rotatable bonds is 9. The maximum Gasteiger partial charge on any atom is 0.224 e. The van der Waals surface area contributed by atoms with Gasteiger partial charge in [0.15, 0.2) is 0 Å². The Bertz CT molecular complexity index is 1090. The van der Waals surface area contributed by atoms with Gasteiger partial charge in [0, 0.05) is 47.0 Å². The van der Waals surface area contributed by atoms with Crippen molar-refractivity contribution in [2.45, 2.75) is 39.7 Å². The standard InChI is InChI=1S/C21H27N3O3S/c1-3-24-19-10-6-5-9-17(19)18-15-16(12-13-20(18)24)23-21(25)11-7-8-14-22-28(26,27)4-2/h5-6,9-10,12-13,15,22H,3-4,7-8,11,14H2,1-2H3,(H,23,25). The number of amides is 1. The Morgan fingerprint density at radius 1 is 1.00 bits per heavy atom. The quantitative estimate of drug-likeness (QED) is 0.534. The van der Waals surface area contributed by atoms with Gasteiger partial charge in [-0.15, -0.1) is 0 Å². The lowest BCUT2D eigenvalue weighted by Gasteiger charge is -2.07. The second-order valence-corrected chi connectivity index (χ2v) is 8.89. The summed E-state index contributed by atoms with van der Waals surface area (Å²) < 4.78 is 27.5. The summed E-state index contributed by atoms with van der Waals surface area (Å²) in [5.41, 5.74) is 3.13. The van der Waals surface area contributed by atoms with Gasteiger partial charge in [-0.05, 0) is 51.0 Å². The van der Waals surface area contributed by atoms with E-state index in [0.29, 0.717) is 25.8 Å². The molecule has 3 aromatic rings. The van der Waals surface area contributed by atoms with Crippen LogP contribution in [-0.2, 0) is 21.4 Å². The zero-order valence-electron chi connectivity index (χ0n) is 16.4. The number of anilines is 1. The van der Waals surface area contributed by atoms with Crippen LogP contribution in [0.5, 0.6) is 0 Å². The van der Waals surface area contributed by atoms with Crippen molar-refractivity contribution in [3.05, 3.63) is 42.5 Å². The lowest BCUT2D eigenvalue weighted by Crippen LogP contribution is -2.26. The van der Waals surface area contributed by atoms with Gasteiger partial charge < -0.3 is 9.88 Å². The van der Waals surface area contributed by atoms with Crippen LogP contribution in [0.25, 0.3) is 21.8 Å². The van der Waals surface area contributed by atoms with Gasteiger partial charge in [-0.25, -0.2) is 13.1 Å². The summed E-state index contributed by atoms with van der Waals surface area (Å²) in [5, 5.41) is 5.27. The van der Waals surface area contributed by atoms with Gasteiger partial charge in [-0.1, -0.05) is 18.2 Å². The van der Waals surface area contributed by atoms with E-state index in [9.17, 15) is 13.2 Å². The number of unbranched alkanes of at least 4 members (excludes halogenated alkanes) is 1. The first-order valence-corrected chi connectivity index (χ1v) is 11.4. The first kappa shape index (κ1) is 20.4. The molecule has 0 spiro atoms. The predicted octanol–water partition coefficient (Wildman–Crippen LogP) is 3.86. The molecule has 2 N–H and O–H groups in total. The smallest absolute Gasteiger partial charge is 0.224 e.